The maximum absolute atomic E-state index is 15.0. The summed E-state index contributed by atoms with van der Waals surface area (Å²) in [7, 11) is 0. The maximum atomic E-state index is 15.0. The number of aryl methyl sites for hydroxylation is 1. The predicted octanol–water partition coefficient (Wildman–Crippen LogP) is 4.62. The van der Waals surface area contributed by atoms with Gasteiger partial charge in [-0.1, -0.05) is 24.3 Å². The Morgan fingerprint density at radius 3 is 2.55 bits per heavy atom. The minimum Gasteiger partial charge on any atom is -0.382 e. The molecule has 4 aromatic rings. The van der Waals surface area contributed by atoms with E-state index in [0.717, 1.165) is 16.5 Å². The molecule has 2 amide bonds. The third-order valence-corrected chi connectivity index (χ3v) is 4.75. The van der Waals surface area contributed by atoms with Gasteiger partial charge in [0.2, 0.25) is 0 Å². The first kappa shape index (κ1) is 18.4. The summed E-state index contributed by atoms with van der Waals surface area (Å²) in [6.45, 7) is 1.59. The van der Waals surface area contributed by atoms with Crippen LogP contribution in [0, 0.1) is 18.6 Å². The van der Waals surface area contributed by atoms with Crippen LogP contribution in [0.15, 0.2) is 54.6 Å². The molecule has 0 atom stereocenters. The number of carbonyl (C=O) groups excluding carboxylic acids is 1. The number of nitrogens with two attached hydrogens (primary N) is 2. The number of rotatable bonds is 3. The molecule has 146 valence electrons. The van der Waals surface area contributed by atoms with Crippen molar-refractivity contribution in [2.75, 3.05) is 10.6 Å². The highest BCUT2D eigenvalue weighted by Gasteiger charge is 2.21. The molecule has 0 fully saturated rings. The van der Waals surface area contributed by atoms with Crippen molar-refractivity contribution in [2.24, 2.45) is 5.73 Å². The summed E-state index contributed by atoms with van der Waals surface area (Å²) in [4.78, 5) is 12.9. The second-order valence-corrected chi connectivity index (χ2v) is 6.61. The van der Waals surface area contributed by atoms with Crippen LogP contribution in [-0.4, -0.2) is 16.2 Å². The Morgan fingerprint density at radius 2 is 1.86 bits per heavy atom. The van der Waals surface area contributed by atoms with Gasteiger partial charge in [0.15, 0.2) is 5.82 Å². The van der Waals surface area contributed by atoms with Crippen LogP contribution in [0.3, 0.4) is 0 Å². The molecule has 5 N–H and O–H groups in total. The number of hydrogen-bond donors (Lipinski definition) is 3. The quantitative estimate of drug-likeness (QED) is 0.473. The number of hydrogen-bond acceptors (Lipinski definition) is 3. The molecule has 0 bridgehead atoms. The third-order valence-electron chi connectivity index (χ3n) is 4.75. The number of anilines is 3. The van der Waals surface area contributed by atoms with E-state index in [-0.39, 0.29) is 11.4 Å². The van der Waals surface area contributed by atoms with Crippen LogP contribution in [0.25, 0.3) is 22.0 Å². The number of urea groups is 1. The van der Waals surface area contributed by atoms with E-state index in [1.54, 1.807) is 25.1 Å². The van der Waals surface area contributed by atoms with Crippen LogP contribution in [0.2, 0.25) is 0 Å². The fourth-order valence-corrected chi connectivity index (χ4v) is 3.30. The van der Waals surface area contributed by atoms with Gasteiger partial charge >= 0.3 is 6.03 Å². The Bertz CT molecular complexity index is 1250. The lowest BCUT2D eigenvalue weighted by atomic mass is 10.0. The number of benzene rings is 3. The fraction of sp³-hybridized carbons (Fsp3) is 0.0476. The van der Waals surface area contributed by atoms with E-state index >= 15 is 4.39 Å². The number of aromatic amines is 1. The van der Waals surface area contributed by atoms with E-state index in [9.17, 15) is 9.18 Å². The van der Waals surface area contributed by atoms with Crippen molar-refractivity contribution >= 4 is 34.1 Å². The second kappa shape index (κ2) is 6.90. The zero-order chi connectivity index (χ0) is 20.7. The van der Waals surface area contributed by atoms with Crippen molar-refractivity contribution in [3.63, 3.8) is 0 Å². The molecule has 0 unspecified atom stereocenters. The van der Waals surface area contributed by atoms with Crippen LogP contribution in [0.1, 0.15) is 5.56 Å². The molecule has 1 heterocycles. The van der Waals surface area contributed by atoms with Gasteiger partial charge < -0.3 is 11.5 Å². The molecular formula is C21H17F2N5O. The third kappa shape index (κ3) is 3.14. The van der Waals surface area contributed by atoms with Crippen LogP contribution in [0.5, 0.6) is 0 Å². The summed E-state index contributed by atoms with van der Waals surface area (Å²) in [5.41, 5.74) is 13.8. The van der Waals surface area contributed by atoms with E-state index < -0.39 is 17.7 Å². The lowest BCUT2D eigenvalue weighted by Gasteiger charge is -2.22. The molecule has 0 radical (unpaired) electrons. The SMILES string of the molecule is Cc1ccc(N(C(N)=O)c2ccc(-c3cccc4[nH]nc(N)c34)cc2F)cc1F. The van der Waals surface area contributed by atoms with Crippen molar-refractivity contribution in [2.45, 2.75) is 6.92 Å². The summed E-state index contributed by atoms with van der Waals surface area (Å²) in [5, 5.41) is 7.47. The summed E-state index contributed by atoms with van der Waals surface area (Å²) in [6, 6.07) is 12.9. The topological polar surface area (TPSA) is 101 Å². The zero-order valence-electron chi connectivity index (χ0n) is 15.4. The Morgan fingerprint density at radius 1 is 1.07 bits per heavy atom. The number of nitrogens with one attached hydrogen (secondary N) is 1. The Hall–Kier alpha value is -3.94. The highest BCUT2D eigenvalue weighted by Crippen LogP contribution is 2.35. The average molecular weight is 393 g/mol. The molecule has 6 nitrogen and oxygen atoms in total. The Kier molecular flexibility index (Phi) is 4.38. The van der Waals surface area contributed by atoms with E-state index in [0.29, 0.717) is 27.9 Å². The van der Waals surface area contributed by atoms with Gasteiger partial charge in [0.25, 0.3) is 0 Å². The van der Waals surface area contributed by atoms with Crippen molar-refractivity contribution < 1.29 is 13.6 Å². The minimum atomic E-state index is -0.930. The van der Waals surface area contributed by atoms with Gasteiger partial charge in [0, 0.05) is 0 Å². The molecule has 0 aliphatic carbocycles. The van der Waals surface area contributed by atoms with Crippen molar-refractivity contribution in [1.82, 2.24) is 10.2 Å². The first-order valence-corrected chi connectivity index (χ1v) is 8.75. The molecule has 29 heavy (non-hydrogen) atoms. The first-order chi connectivity index (χ1) is 13.9. The largest absolute Gasteiger partial charge is 0.382 e. The number of carbonyl (C=O) groups is 1. The summed E-state index contributed by atoms with van der Waals surface area (Å²) >= 11 is 0. The number of fused-ring (bicyclic) bond motifs is 1. The second-order valence-electron chi connectivity index (χ2n) is 6.61. The van der Waals surface area contributed by atoms with E-state index in [4.69, 9.17) is 11.5 Å². The highest BCUT2D eigenvalue weighted by atomic mass is 19.1. The lowest BCUT2D eigenvalue weighted by Crippen LogP contribution is -2.32. The average Bonchev–Trinajstić information content (AvgIpc) is 3.07. The van der Waals surface area contributed by atoms with E-state index in [1.165, 1.54) is 24.3 Å². The molecular weight excluding hydrogens is 376 g/mol. The van der Waals surface area contributed by atoms with Gasteiger partial charge in [-0.05, 0) is 53.9 Å². The number of halogens is 2. The first-order valence-electron chi connectivity index (χ1n) is 8.75. The van der Waals surface area contributed by atoms with Gasteiger partial charge in [-0.2, -0.15) is 5.10 Å². The minimum absolute atomic E-state index is 0.0863. The van der Waals surface area contributed by atoms with Crippen molar-refractivity contribution in [3.05, 3.63) is 71.8 Å². The maximum Gasteiger partial charge on any atom is 0.323 e. The Labute approximate surface area is 164 Å². The van der Waals surface area contributed by atoms with Gasteiger partial charge in [0.1, 0.15) is 11.6 Å². The highest BCUT2D eigenvalue weighted by molar-refractivity contribution is 6.02. The summed E-state index contributed by atoms with van der Waals surface area (Å²) in [6.07, 6.45) is 0. The summed E-state index contributed by atoms with van der Waals surface area (Å²) < 4.78 is 29.0. The van der Waals surface area contributed by atoms with Crippen molar-refractivity contribution in [1.29, 1.82) is 0 Å². The molecule has 0 saturated heterocycles. The molecule has 0 spiro atoms. The monoisotopic (exact) mass is 393 g/mol. The van der Waals surface area contributed by atoms with Gasteiger partial charge in [-0.25, -0.2) is 13.6 Å². The van der Waals surface area contributed by atoms with Crippen LogP contribution < -0.4 is 16.4 Å². The van der Waals surface area contributed by atoms with Crippen LogP contribution >= 0.6 is 0 Å². The number of amides is 2. The number of nitrogens with zero attached hydrogens (tertiary/aromatic N) is 2. The van der Waals surface area contributed by atoms with Gasteiger partial charge in [0.05, 0.1) is 22.3 Å². The standard InChI is InChI=1S/C21H17F2N5O/c1-11-5-7-13(10-15(11)22)28(21(25)29)18-8-6-12(9-16(18)23)14-3-2-4-17-19(14)20(24)27-26-17/h2-10H,1H3,(H2,25,29)(H3,24,26,27). The molecule has 3 aromatic carbocycles. The van der Waals surface area contributed by atoms with Crippen LogP contribution in [0.4, 0.5) is 30.8 Å². The van der Waals surface area contributed by atoms with Crippen molar-refractivity contribution in [3.8, 4) is 11.1 Å². The van der Waals surface area contributed by atoms with Crippen LogP contribution in [-0.2, 0) is 0 Å². The lowest BCUT2D eigenvalue weighted by molar-refractivity contribution is 0.256. The number of aromatic nitrogens is 2. The Balaban J connectivity index is 1.82. The van der Waals surface area contributed by atoms with E-state index in [1.807, 2.05) is 6.07 Å². The smallest absolute Gasteiger partial charge is 0.323 e. The normalized spacial score (nSPS) is 11.0. The number of nitrogen functional groups attached to an aromatic ring is 1. The molecule has 4 rings (SSSR count). The summed E-state index contributed by atoms with van der Waals surface area (Å²) in [5.74, 6) is -0.914. The number of H-pyrrole nitrogens is 1. The van der Waals surface area contributed by atoms with E-state index in [2.05, 4.69) is 10.2 Å². The molecule has 0 saturated carbocycles. The fourth-order valence-electron chi connectivity index (χ4n) is 3.30. The molecule has 8 heteroatoms. The zero-order valence-corrected chi connectivity index (χ0v) is 15.4. The van der Waals surface area contributed by atoms with Gasteiger partial charge in [-0.15, -0.1) is 0 Å². The van der Waals surface area contributed by atoms with Gasteiger partial charge in [-0.3, -0.25) is 10.00 Å². The predicted molar refractivity (Wildman–Crippen MR) is 109 cm³/mol. The molecule has 0 aliphatic rings. The number of primary amides is 1. The molecule has 0 aliphatic heterocycles. The molecule has 1 aromatic heterocycles.